The van der Waals surface area contributed by atoms with Gasteiger partial charge in [0.05, 0.1) is 6.07 Å². The fourth-order valence-electron chi connectivity index (χ4n) is 2.96. The van der Waals surface area contributed by atoms with Crippen molar-refractivity contribution in [3.8, 4) is 6.07 Å². The van der Waals surface area contributed by atoms with Gasteiger partial charge < -0.3 is 4.90 Å². The van der Waals surface area contributed by atoms with Crippen LogP contribution in [-0.2, 0) is 4.79 Å². The maximum Gasteiger partial charge on any atom is 0.236 e. The van der Waals surface area contributed by atoms with Crippen LogP contribution in [0.25, 0.3) is 0 Å². The maximum atomic E-state index is 11.6. The van der Waals surface area contributed by atoms with E-state index in [1.165, 1.54) is 32.1 Å². The van der Waals surface area contributed by atoms with E-state index in [0.29, 0.717) is 0 Å². The monoisotopic (exact) mass is 235 g/mol. The lowest BCUT2D eigenvalue weighted by atomic mass is 9.94. The molecule has 0 aromatic rings. The van der Waals surface area contributed by atoms with Gasteiger partial charge in [0, 0.05) is 32.2 Å². The lowest BCUT2D eigenvalue weighted by molar-refractivity contribution is -0.132. The third-order valence-electron chi connectivity index (χ3n) is 3.99. The van der Waals surface area contributed by atoms with Crippen molar-refractivity contribution in [2.75, 3.05) is 26.2 Å². The zero-order valence-electron chi connectivity index (χ0n) is 10.4. The number of rotatable bonds is 2. The second-order valence-corrected chi connectivity index (χ2v) is 5.04. The molecule has 1 heterocycles. The smallest absolute Gasteiger partial charge is 0.236 e. The molecule has 0 atom stereocenters. The summed E-state index contributed by atoms with van der Waals surface area (Å²) in [5.41, 5.74) is 0. The number of hydrogen-bond donors (Lipinski definition) is 0. The van der Waals surface area contributed by atoms with Crippen LogP contribution in [0.1, 0.15) is 38.5 Å². The first kappa shape index (κ1) is 12.4. The molecule has 1 aliphatic carbocycles. The van der Waals surface area contributed by atoms with Crippen LogP contribution >= 0.6 is 0 Å². The van der Waals surface area contributed by atoms with Crippen molar-refractivity contribution in [1.82, 2.24) is 9.80 Å². The highest BCUT2D eigenvalue weighted by Gasteiger charge is 2.26. The molecular formula is C13H21N3O. The molecule has 0 radical (unpaired) electrons. The van der Waals surface area contributed by atoms with Gasteiger partial charge in [-0.25, -0.2) is 0 Å². The molecule has 0 aromatic heterocycles. The van der Waals surface area contributed by atoms with Gasteiger partial charge in [0.15, 0.2) is 0 Å². The van der Waals surface area contributed by atoms with E-state index in [0.717, 1.165) is 32.2 Å². The third kappa shape index (κ3) is 3.19. The molecule has 0 aromatic carbocycles. The van der Waals surface area contributed by atoms with Gasteiger partial charge in [-0.3, -0.25) is 9.69 Å². The van der Waals surface area contributed by atoms with Crippen LogP contribution in [0.5, 0.6) is 0 Å². The third-order valence-corrected chi connectivity index (χ3v) is 3.99. The van der Waals surface area contributed by atoms with Gasteiger partial charge in [0.1, 0.15) is 6.42 Å². The summed E-state index contributed by atoms with van der Waals surface area (Å²) in [5.74, 6) is -0.00389. The Morgan fingerprint density at radius 1 is 1.12 bits per heavy atom. The number of carbonyl (C=O) groups is 1. The average Bonchev–Trinajstić information content (AvgIpc) is 2.40. The van der Waals surface area contributed by atoms with Gasteiger partial charge in [-0.05, 0) is 12.8 Å². The summed E-state index contributed by atoms with van der Waals surface area (Å²) >= 11 is 0. The average molecular weight is 235 g/mol. The fraction of sp³-hybridized carbons (Fsp3) is 0.846. The second kappa shape index (κ2) is 6.02. The molecule has 17 heavy (non-hydrogen) atoms. The van der Waals surface area contributed by atoms with Crippen LogP contribution in [0.2, 0.25) is 0 Å². The number of nitrogens with zero attached hydrogens (tertiary/aromatic N) is 3. The summed E-state index contributed by atoms with van der Waals surface area (Å²) in [6.07, 6.45) is 6.79. The van der Waals surface area contributed by atoms with E-state index in [4.69, 9.17) is 5.26 Å². The van der Waals surface area contributed by atoms with E-state index in [1.807, 2.05) is 11.0 Å². The fourth-order valence-corrected chi connectivity index (χ4v) is 2.96. The summed E-state index contributed by atoms with van der Waals surface area (Å²) < 4.78 is 0. The van der Waals surface area contributed by atoms with Crippen molar-refractivity contribution >= 4 is 5.91 Å². The van der Waals surface area contributed by atoms with Crippen molar-refractivity contribution in [2.45, 2.75) is 44.6 Å². The molecule has 4 heteroatoms. The highest BCUT2D eigenvalue weighted by atomic mass is 16.2. The lowest BCUT2D eigenvalue weighted by Gasteiger charge is -2.40. The molecule has 1 aliphatic heterocycles. The molecule has 94 valence electrons. The van der Waals surface area contributed by atoms with E-state index in [9.17, 15) is 4.79 Å². The molecule has 2 rings (SSSR count). The van der Waals surface area contributed by atoms with Gasteiger partial charge in [-0.15, -0.1) is 0 Å². The molecule has 0 N–H and O–H groups in total. The Morgan fingerprint density at radius 2 is 1.76 bits per heavy atom. The first-order chi connectivity index (χ1) is 8.31. The van der Waals surface area contributed by atoms with Crippen molar-refractivity contribution in [3.05, 3.63) is 0 Å². The molecule has 4 nitrogen and oxygen atoms in total. The zero-order chi connectivity index (χ0) is 12.1. The number of amides is 1. The maximum absolute atomic E-state index is 11.6. The molecular weight excluding hydrogens is 214 g/mol. The Morgan fingerprint density at radius 3 is 2.35 bits per heavy atom. The summed E-state index contributed by atoms with van der Waals surface area (Å²) in [6, 6.07) is 2.68. The molecule has 1 saturated heterocycles. The molecule has 0 unspecified atom stereocenters. The molecule has 1 saturated carbocycles. The minimum atomic E-state index is -0.00389. The summed E-state index contributed by atoms with van der Waals surface area (Å²) in [5, 5.41) is 8.52. The van der Waals surface area contributed by atoms with Crippen molar-refractivity contribution in [1.29, 1.82) is 5.26 Å². The van der Waals surface area contributed by atoms with Gasteiger partial charge in [-0.2, -0.15) is 5.26 Å². The Balaban J connectivity index is 1.77. The van der Waals surface area contributed by atoms with E-state index < -0.39 is 0 Å². The Kier molecular flexibility index (Phi) is 4.38. The molecule has 2 fully saturated rings. The van der Waals surface area contributed by atoms with Crippen LogP contribution in [-0.4, -0.2) is 47.9 Å². The van der Waals surface area contributed by atoms with E-state index in [2.05, 4.69) is 4.90 Å². The quantitative estimate of drug-likeness (QED) is 0.726. The van der Waals surface area contributed by atoms with Crippen LogP contribution < -0.4 is 0 Å². The number of carbonyl (C=O) groups excluding carboxylic acids is 1. The van der Waals surface area contributed by atoms with E-state index in [-0.39, 0.29) is 12.3 Å². The summed E-state index contributed by atoms with van der Waals surface area (Å²) in [7, 11) is 0. The highest BCUT2D eigenvalue weighted by molar-refractivity contribution is 5.78. The largest absolute Gasteiger partial charge is 0.339 e. The van der Waals surface area contributed by atoms with E-state index >= 15 is 0 Å². The highest BCUT2D eigenvalue weighted by Crippen LogP contribution is 2.23. The van der Waals surface area contributed by atoms with Gasteiger partial charge >= 0.3 is 0 Å². The lowest BCUT2D eigenvalue weighted by Crippen LogP contribution is -2.52. The predicted octanol–water partition coefficient (Wildman–Crippen LogP) is 1.38. The van der Waals surface area contributed by atoms with Crippen LogP contribution in [0, 0.1) is 11.3 Å². The molecule has 0 spiro atoms. The first-order valence-electron chi connectivity index (χ1n) is 6.70. The van der Waals surface area contributed by atoms with Crippen molar-refractivity contribution < 1.29 is 4.79 Å². The minimum Gasteiger partial charge on any atom is -0.339 e. The molecule has 2 aliphatic rings. The van der Waals surface area contributed by atoms with Gasteiger partial charge in [0.2, 0.25) is 5.91 Å². The standard InChI is InChI=1S/C13H21N3O/c14-7-6-13(17)16-10-8-15(9-11-16)12-4-2-1-3-5-12/h12H,1-6,8-11H2. The predicted molar refractivity (Wildman–Crippen MR) is 65.3 cm³/mol. The van der Waals surface area contributed by atoms with Gasteiger partial charge in [-0.1, -0.05) is 19.3 Å². The normalized spacial score (nSPS) is 23.4. The number of piperazine rings is 1. The topological polar surface area (TPSA) is 47.3 Å². The molecule has 1 amide bonds. The van der Waals surface area contributed by atoms with Crippen molar-refractivity contribution in [2.24, 2.45) is 0 Å². The summed E-state index contributed by atoms with van der Waals surface area (Å²) in [6.45, 7) is 3.58. The number of hydrogen-bond acceptors (Lipinski definition) is 3. The summed E-state index contributed by atoms with van der Waals surface area (Å²) in [4.78, 5) is 15.9. The zero-order valence-corrected chi connectivity index (χ0v) is 10.4. The van der Waals surface area contributed by atoms with Crippen molar-refractivity contribution in [3.63, 3.8) is 0 Å². The van der Waals surface area contributed by atoms with Crippen LogP contribution in [0.15, 0.2) is 0 Å². The Labute approximate surface area is 103 Å². The Bertz CT molecular complexity index is 296. The van der Waals surface area contributed by atoms with Crippen LogP contribution in [0.4, 0.5) is 0 Å². The first-order valence-corrected chi connectivity index (χ1v) is 6.70. The van der Waals surface area contributed by atoms with Crippen LogP contribution in [0.3, 0.4) is 0 Å². The number of nitriles is 1. The second-order valence-electron chi connectivity index (χ2n) is 5.04. The molecule has 0 bridgehead atoms. The van der Waals surface area contributed by atoms with Gasteiger partial charge in [0.25, 0.3) is 0 Å². The van der Waals surface area contributed by atoms with E-state index in [1.54, 1.807) is 0 Å². The SMILES string of the molecule is N#CCC(=O)N1CCN(C2CCCCC2)CC1. The Hall–Kier alpha value is -1.08. The minimum absolute atomic E-state index is 0.00389.